The Bertz CT molecular complexity index is 173. The van der Waals surface area contributed by atoms with Crippen LogP contribution in [0, 0.1) is 5.92 Å². The first kappa shape index (κ1) is 13.0. The molecule has 1 saturated carbocycles. The smallest absolute Gasteiger partial charge is 0.0830 e. The van der Waals surface area contributed by atoms with Crippen LogP contribution in [0.2, 0.25) is 0 Å². The molecule has 1 atom stereocenters. The quantitative estimate of drug-likeness (QED) is 0.758. The van der Waals surface area contributed by atoms with Crippen molar-refractivity contribution in [3.05, 3.63) is 0 Å². The second-order valence-electron chi connectivity index (χ2n) is 5.30. The van der Waals surface area contributed by atoms with Gasteiger partial charge in [-0.25, -0.2) is 0 Å². The molecule has 0 heterocycles. The van der Waals surface area contributed by atoms with Crippen molar-refractivity contribution in [1.29, 1.82) is 0 Å². The Morgan fingerprint density at radius 3 is 2.20 bits per heavy atom. The Morgan fingerprint density at radius 2 is 1.80 bits per heavy atom. The molecule has 1 fully saturated rings. The average molecular weight is 213 g/mol. The zero-order valence-corrected chi connectivity index (χ0v) is 10.8. The lowest BCUT2D eigenvalue weighted by atomic mass is 9.76. The number of hydrogen-bond donors (Lipinski definition) is 1. The molecule has 0 spiro atoms. The maximum atomic E-state index is 5.87. The number of ether oxygens (including phenoxy) is 1. The molecule has 90 valence electrons. The molecule has 0 radical (unpaired) electrons. The predicted molar refractivity (Wildman–Crippen MR) is 65.1 cm³/mol. The molecular weight excluding hydrogens is 186 g/mol. The van der Waals surface area contributed by atoms with Gasteiger partial charge in [0.2, 0.25) is 0 Å². The van der Waals surface area contributed by atoms with Gasteiger partial charge >= 0.3 is 0 Å². The first-order chi connectivity index (χ1) is 7.14. The highest BCUT2D eigenvalue weighted by Gasteiger charge is 2.39. The minimum atomic E-state index is 0.108. The van der Waals surface area contributed by atoms with Gasteiger partial charge in [0.25, 0.3) is 0 Å². The Balaban J connectivity index is 2.67. The molecule has 0 aromatic rings. The predicted octanol–water partition coefficient (Wildman–Crippen LogP) is 2.97. The summed E-state index contributed by atoms with van der Waals surface area (Å²) >= 11 is 0. The zero-order chi connectivity index (χ0) is 11.3. The van der Waals surface area contributed by atoms with Crippen molar-refractivity contribution in [2.45, 2.75) is 64.0 Å². The Labute approximate surface area is 94.8 Å². The van der Waals surface area contributed by atoms with Gasteiger partial charge in [0.15, 0.2) is 0 Å². The third-order valence-electron chi connectivity index (χ3n) is 3.80. The molecule has 0 amide bonds. The minimum Gasteiger partial charge on any atom is -0.377 e. The van der Waals surface area contributed by atoms with Gasteiger partial charge in [-0.15, -0.1) is 0 Å². The molecule has 0 aromatic carbocycles. The van der Waals surface area contributed by atoms with Crippen molar-refractivity contribution in [2.24, 2.45) is 5.92 Å². The van der Waals surface area contributed by atoms with E-state index in [4.69, 9.17) is 4.74 Å². The van der Waals surface area contributed by atoms with Crippen LogP contribution in [-0.2, 0) is 4.74 Å². The maximum Gasteiger partial charge on any atom is 0.0830 e. The van der Waals surface area contributed by atoms with E-state index in [0.717, 1.165) is 5.92 Å². The third-order valence-corrected chi connectivity index (χ3v) is 3.80. The lowest BCUT2D eigenvalue weighted by Crippen LogP contribution is -2.52. The Kier molecular flexibility index (Phi) is 5.07. The summed E-state index contributed by atoms with van der Waals surface area (Å²) < 4.78 is 5.87. The first-order valence-corrected chi connectivity index (χ1v) is 6.37. The molecule has 2 nitrogen and oxygen atoms in total. The van der Waals surface area contributed by atoms with E-state index in [2.05, 4.69) is 26.2 Å². The van der Waals surface area contributed by atoms with Gasteiger partial charge in [0.05, 0.1) is 5.60 Å². The zero-order valence-electron chi connectivity index (χ0n) is 10.8. The van der Waals surface area contributed by atoms with E-state index >= 15 is 0 Å². The van der Waals surface area contributed by atoms with Gasteiger partial charge in [-0.05, 0) is 32.2 Å². The molecular formula is C13H27NO. The van der Waals surface area contributed by atoms with Crippen LogP contribution in [0.4, 0.5) is 0 Å². The normalized spacial score (nSPS) is 23.0. The van der Waals surface area contributed by atoms with E-state index in [1.165, 1.54) is 38.5 Å². The molecule has 1 unspecified atom stereocenters. The van der Waals surface area contributed by atoms with E-state index < -0.39 is 0 Å². The number of nitrogens with one attached hydrogen (secondary N) is 1. The highest BCUT2D eigenvalue weighted by Crippen LogP contribution is 2.36. The highest BCUT2D eigenvalue weighted by atomic mass is 16.5. The third kappa shape index (κ3) is 3.18. The van der Waals surface area contributed by atoms with Crippen molar-refractivity contribution in [2.75, 3.05) is 14.2 Å². The topological polar surface area (TPSA) is 21.3 Å². The van der Waals surface area contributed by atoms with E-state index in [9.17, 15) is 0 Å². The van der Waals surface area contributed by atoms with E-state index in [0.29, 0.717) is 6.04 Å². The maximum absolute atomic E-state index is 5.87. The molecule has 1 rings (SSSR count). The fourth-order valence-corrected chi connectivity index (χ4v) is 2.91. The summed E-state index contributed by atoms with van der Waals surface area (Å²) in [7, 11) is 3.96. The lowest BCUT2D eigenvalue weighted by molar-refractivity contribution is -0.0700. The van der Waals surface area contributed by atoms with Gasteiger partial charge in [0.1, 0.15) is 0 Å². The number of rotatable bonds is 5. The Morgan fingerprint density at radius 1 is 1.20 bits per heavy atom. The second kappa shape index (κ2) is 5.86. The summed E-state index contributed by atoms with van der Waals surface area (Å²) in [5, 5.41) is 3.47. The number of hydrogen-bond acceptors (Lipinski definition) is 2. The summed E-state index contributed by atoms with van der Waals surface area (Å²) in [6, 6.07) is 0.516. The highest BCUT2D eigenvalue weighted by molar-refractivity contribution is 4.95. The summed E-state index contributed by atoms with van der Waals surface area (Å²) in [4.78, 5) is 0. The largest absolute Gasteiger partial charge is 0.377 e. The van der Waals surface area contributed by atoms with Gasteiger partial charge in [-0.1, -0.05) is 33.1 Å². The van der Waals surface area contributed by atoms with Crippen molar-refractivity contribution >= 4 is 0 Å². The molecule has 0 bridgehead atoms. The SMILES string of the molecule is CNC(CC(C)C)C1(OC)CCCCC1. The van der Waals surface area contributed by atoms with E-state index in [-0.39, 0.29) is 5.60 Å². The molecule has 1 aliphatic rings. The van der Waals surface area contributed by atoms with Crippen LogP contribution < -0.4 is 5.32 Å². The summed E-state index contributed by atoms with van der Waals surface area (Å²) in [6.45, 7) is 4.58. The standard InChI is InChI=1S/C13H27NO/c1-11(2)10-12(14-3)13(15-4)8-6-5-7-9-13/h11-12,14H,5-10H2,1-4H3. The minimum absolute atomic E-state index is 0.108. The second-order valence-corrected chi connectivity index (χ2v) is 5.30. The van der Waals surface area contributed by atoms with Gasteiger partial charge in [-0.3, -0.25) is 0 Å². The molecule has 2 heteroatoms. The molecule has 0 aliphatic heterocycles. The van der Waals surface area contributed by atoms with Crippen LogP contribution in [0.15, 0.2) is 0 Å². The van der Waals surface area contributed by atoms with Crippen molar-refractivity contribution in [3.8, 4) is 0 Å². The van der Waals surface area contributed by atoms with E-state index in [1.54, 1.807) is 0 Å². The molecule has 1 N–H and O–H groups in total. The first-order valence-electron chi connectivity index (χ1n) is 6.37. The van der Waals surface area contributed by atoms with E-state index in [1.807, 2.05) is 7.11 Å². The summed E-state index contributed by atoms with van der Waals surface area (Å²) in [5.74, 6) is 0.733. The van der Waals surface area contributed by atoms with Crippen molar-refractivity contribution in [1.82, 2.24) is 5.32 Å². The molecule has 1 aliphatic carbocycles. The van der Waals surface area contributed by atoms with Crippen molar-refractivity contribution < 1.29 is 4.74 Å². The van der Waals surface area contributed by atoms with Crippen LogP contribution in [0.1, 0.15) is 52.4 Å². The van der Waals surface area contributed by atoms with Crippen LogP contribution >= 0.6 is 0 Å². The van der Waals surface area contributed by atoms with Crippen molar-refractivity contribution in [3.63, 3.8) is 0 Å². The summed E-state index contributed by atoms with van der Waals surface area (Å²) in [6.07, 6.45) is 7.69. The lowest BCUT2D eigenvalue weighted by Gasteiger charge is -2.43. The molecule has 15 heavy (non-hydrogen) atoms. The molecule has 0 aromatic heterocycles. The fraction of sp³-hybridized carbons (Fsp3) is 1.00. The van der Waals surface area contributed by atoms with Crippen LogP contribution in [0.5, 0.6) is 0 Å². The number of methoxy groups -OCH3 is 1. The van der Waals surface area contributed by atoms with Crippen LogP contribution in [0.25, 0.3) is 0 Å². The number of likely N-dealkylation sites (N-methyl/N-ethyl adjacent to an activating group) is 1. The van der Waals surface area contributed by atoms with Crippen LogP contribution in [-0.4, -0.2) is 25.8 Å². The van der Waals surface area contributed by atoms with Crippen LogP contribution in [0.3, 0.4) is 0 Å². The Hall–Kier alpha value is -0.0800. The average Bonchev–Trinajstić information content (AvgIpc) is 2.26. The van der Waals surface area contributed by atoms with Gasteiger partial charge in [-0.2, -0.15) is 0 Å². The van der Waals surface area contributed by atoms with Gasteiger partial charge < -0.3 is 10.1 Å². The monoisotopic (exact) mass is 213 g/mol. The fourth-order valence-electron chi connectivity index (χ4n) is 2.91. The summed E-state index contributed by atoms with van der Waals surface area (Å²) in [5.41, 5.74) is 0.108. The van der Waals surface area contributed by atoms with Gasteiger partial charge in [0, 0.05) is 13.2 Å². The molecule has 0 saturated heterocycles.